The van der Waals surface area contributed by atoms with Gasteiger partial charge >= 0.3 is 12.3 Å². The van der Waals surface area contributed by atoms with Gasteiger partial charge in [0.2, 0.25) is 5.88 Å². The van der Waals surface area contributed by atoms with Crippen LogP contribution in [0.2, 0.25) is 0 Å². The summed E-state index contributed by atoms with van der Waals surface area (Å²) in [6, 6.07) is -1.22. The van der Waals surface area contributed by atoms with Crippen LogP contribution in [0.5, 0.6) is 5.88 Å². The number of carbonyl (C=O) groups excluding carboxylic acids is 1. The van der Waals surface area contributed by atoms with Crippen LogP contribution >= 0.6 is 0 Å². The molecule has 0 bridgehead atoms. The molecule has 0 saturated carbocycles. The maximum absolute atomic E-state index is 13.5. The van der Waals surface area contributed by atoms with Gasteiger partial charge in [-0.15, -0.1) is 13.2 Å². The summed E-state index contributed by atoms with van der Waals surface area (Å²) in [4.78, 5) is 12.2. The maximum Gasteiger partial charge on any atom is 0.504 e. The Morgan fingerprint density at radius 2 is 1.90 bits per heavy atom. The standard InChI is InChI=1S/C17H23F3N6O4S/c1-9(2)12-13(14(10(3)4)26(23-12)17(18,19)20)22-16(27)24-31(28,29)11-8-21-25-6-5-7-30-15(11)25/h8-10H,5-7H2,1-4H3,(H2,22,24,27). The van der Waals surface area contributed by atoms with Crippen LogP contribution < -0.4 is 14.8 Å². The molecule has 0 aliphatic carbocycles. The third-order valence-electron chi connectivity index (χ3n) is 4.55. The van der Waals surface area contributed by atoms with Crippen LogP contribution in [0.1, 0.15) is 57.3 Å². The Kier molecular flexibility index (Phi) is 5.95. The van der Waals surface area contributed by atoms with Crippen molar-refractivity contribution >= 4 is 21.7 Å². The Hall–Kier alpha value is -2.77. The molecule has 3 rings (SSSR count). The van der Waals surface area contributed by atoms with Gasteiger partial charge in [0.1, 0.15) is 0 Å². The van der Waals surface area contributed by atoms with E-state index < -0.39 is 34.2 Å². The van der Waals surface area contributed by atoms with Crippen molar-refractivity contribution < 1.29 is 31.1 Å². The summed E-state index contributed by atoms with van der Waals surface area (Å²) in [6.07, 6.45) is -3.10. The van der Waals surface area contributed by atoms with Gasteiger partial charge in [0.05, 0.1) is 29.9 Å². The van der Waals surface area contributed by atoms with Gasteiger partial charge < -0.3 is 10.1 Å². The fraction of sp³-hybridized carbons (Fsp3) is 0.588. The lowest BCUT2D eigenvalue weighted by Crippen LogP contribution is -2.35. The van der Waals surface area contributed by atoms with Gasteiger partial charge in [0.15, 0.2) is 4.90 Å². The first-order valence-electron chi connectivity index (χ1n) is 9.55. The number of sulfonamides is 1. The van der Waals surface area contributed by atoms with E-state index in [1.165, 1.54) is 18.5 Å². The molecule has 1 aliphatic heterocycles. The van der Waals surface area contributed by atoms with Gasteiger partial charge in [0, 0.05) is 13.0 Å². The number of aryl methyl sites for hydroxylation is 1. The van der Waals surface area contributed by atoms with Crippen molar-refractivity contribution in [2.24, 2.45) is 0 Å². The number of anilines is 1. The van der Waals surface area contributed by atoms with Gasteiger partial charge in [-0.25, -0.2) is 22.6 Å². The number of nitrogens with one attached hydrogen (secondary N) is 2. The third kappa shape index (κ3) is 4.48. The van der Waals surface area contributed by atoms with Crippen molar-refractivity contribution in [1.29, 1.82) is 0 Å². The molecule has 14 heteroatoms. The topological polar surface area (TPSA) is 120 Å². The van der Waals surface area contributed by atoms with E-state index in [0.29, 0.717) is 19.6 Å². The van der Waals surface area contributed by atoms with E-state index in [0.717, 1.165) is 6.20 Å². The predicted molar refractivity (Wildman–Crippen MR) is 103 cm³/mol. The highest BCUT2D eigenvalue weighted by Crippen LogP contribution is 2.37. The number of alkyl halides is 3. The fourth-order valence-corrected chi connectivity index (χ4v) is 4.24. The molecule has 0 radical (unpaired) electrons. The number of carbonyl (C=O) groups is 1. The summed E-state index contributed by atoms with van der Waals surface area (Å²) in [5.41, 5.74) is -0.474. The Labute approximate surface area is 176 Å². The maximum atomic E-state index is 13.5. The van der Waals surface area contributed by atoms with E-state index >= 15 is 0 Å². The van der Waals surface area contributed by atoms with Crippen LogP contribution in [-0.4, -0.2) is 40.6 Å². The molecule has 2 aromatic heterocycles. The van der Waals surface area contributed by atoms with Gasteiger partial charge in [-0.3, -0.25) is 0 Å². The van der Waals surface area contributed by atoms with E-state index in [9.17, 15) is 26.4 Å². The zero-order valence-corrected chi connectivity index (χ0v) is 18.1. The minimum Gasteiger partial charge on any atom is -0.477 e. The number of fused-ring (bicyclic) bond motifs is 1. The zero-order chi connectivity index (χ0) is 23.1. The highest BCUT2D eigenvalue weighted by Gasteiger charge is 2.39. The van der Waals surface area contributed by atoms with Gasteiger partial charge in [-0.1, -0.05) is 27.7 Å². The molecule has 172 valence electrons. The molecule has 0 fully saturated rings. The number of rotatable bonds is 5. The summed E-state index contributed by atoms with van der Waals surface area (Å²) < 4.78 is 74.1. The highest BCUT2D eigenvalue weighted by molar-refractivity contribution is 7.90. The largest absolute Gasteiger partial charge is 0.504 e. The Balaban J connectivity index is 1.93. The number of ether oxygens (including phenoxy) is 1. The van der Waals surface area contributed by atoms with E-state index in [-0.39, 0.29) is 32.5 Å². The number of amides is 2. The molecular formula is C17H23F3N6O4S. The van der Waals surface area contributed by atoms with E-state index in [1.807, 2.05) is 4.72 Å². The second-order valence-corrected chi connectivity index (χ2v) is 9.28. The number of nitrogens with zero attached hydrogens (tertiary/aromatic N) is 4. The van der Waals surface area contributed by atoms with Crippen molar-refractivity contribution in [3.63, 3.8) is 0 Å². The second kappa shape index (κ2) is 8.05. The van der Waals surface area contributed by atoms with Gasteiger partial charge in [-0.2, -0.15) is 14.9 Å². The normalized spacial score (nSPS) is 14.5. The lowest BCUT2D eigenvalue weighted by atomic mass is 10.0. The van der Waals surface area contributed by atoms with Crippen molar-refractivity contribution in [1.82, 2.24) is 24.3 Å². The molecule has 2 N–H and O–H groups in total. The van der Waals surface area contributed by atoms with E-state index in [1.54, 1.807) is 13.8 Å². The molecule has 0 atom stereocenters. The van der Waals surface area contributed by atoms with Crippen LogP contribution in [0.3, 0.4) is 0 Å². The summed E-state index contributed by atoms with van der Waals surface area (Å²) >= 11 is 0. The lowest BCUT2D eigenvalue weighted by Gasteiger charge is -2.17. The average molecular weight is 464 g/mol. The monoisotopic (exact) mass is 464 g/mol. The van der Waals surface area contributed by atoms with Crippen molar-refractivity contribution in [3.05, 3.63) is 17.6 Å². The van der Waals surface area contributed by atoms with Crippen LogP contribution in [0.25, 0.3) is 0 Å². The van der Waals surface area contributed by atoms with Gasteiger partial charge in [-0.05, 0) is 11.8 Å². The van der Waals surface area contributed by atoms with Crippen LogP contribution in [0, 0.1) is 0 Å². The summed E-state index contributed by atoms with van der Waals surface area (Å²) in [6.45, 7) is 7.02. The third-order valence-corrected chi connectivity index (χ3v) is 5.86. The van der Waals surface area contributed by atoms with E-state index in [4.69, 9.17) is 4.74 Å². The Morgan fingerprint density at radius 1 is 1.23 bits per heavy atom. The molecule has 2 aromatic rings. The number of halogens is 3. The summed E-state index contributed by atoms with van der Waals surface area (Å²) in [5.74, 6) is -1.13. The molecule has 0 spiro atoms. The molecule has 2 amide bonds. The highest BCUT2D eigenvalue weighted by atomic mass is 32.2. The number of urea groups is 1. The second-order valence-electron chi connectivity index (χ2n) is 7.63. The fourth-order valence-electron chi connectivity index (χ4n) is 3.25. The molecule has 1 aliphatic rings. The smallest absolute Gasteiger partial charge is 0.477 e. The molecular weight excluding hydrogens is 441 g/mol. The molecule has 31 heavy (non-hydrogen) atoms. The van der Waals surface area contributed by atoms with Crippen LogP contribution in [0.4, 0.5) is 23.7 Å². The molecule has 0 aromatic carbocycles. The van der Waals surface area contributed by atoms with E-state index in [2.05, 4.69) is 15.5 Å². The zero-order valence-electron chi connectivity index (χ0n) is 17.3. The van der Waals surface area contributed by atoms with Crippen molar-refractivity contribution in [2.75, 3.05) is 11.9 Å². The minimum atomic E-state index is -4.81. The molecule has 10 nitrogen and oxygen atoms in total. The summed E-state index contributed by atoms with van der Waals surface area (Å²) in [5, 5.41) is 9.80. The number of aromatic nitrogens is 4. The number of hydrogen-bond acceptors (Lipinski definition) is 6. The molecule has 3 heterocycles. The first-order valence-corrected chi connectivity index (χ1v) is 11.0. The predicted octanol–water partition coefficient (Wildman–Crippen LogP) is 3.10. The summed E-state index contributed by atoms with van der Waals surface area (Å²) in [7, 11) is -4.39. The molecule has 0 saturated heterocycles. The molecule has 0 unspecified atom stereocenters. The first kappa shape index (κ1) is 22.9. The van der Waals surface area contributed by atoms with Crippen LogP contribution in [0.15, 0.2) is 11.1 Å². The van der Waals surface area contributed by atoms with Crippen molar-refractivity contribution in [3.8, 4) is 5.88 Å². The first-order chi connectivity index (χ1) is 14.3. The minimum absolute atomic E-state index is 0.00202. The average Bonchev–Trinajstić information content (AvgIpc) is 3.22. The quantitative estimate of drug-likeness (QED) is 0.702. The van der Waals surface area contributed by atoms with Crippen molar-refractivity contribution in [2.45, 2.75) is 63.7 Å². The Morgan fingerprint density at radius 3 is 2.48 bits per heavy atom. The Bertz CT molecular complexity index is 1090. The SMILES string of the molecule is CC(C)c1nn(C(F)(F)F)c(C(C)C)c1NC(=O)NS(=O)(=O)c1cnn2c1OCCC2. The number of hydrogen-bond donors (Lipinski definition) is 2. The lowest BCUT2D eigenvalue weighted by molar-refractivity contribution is -0.214. The van der Waals surface area contributed by atoms with Gasteiger partial charge in [0.25, 0.3) is 10.0 Å². The van der Waals surface area contributed by atoms with Crippen LogP contribution in [-0.2, 0) is 22.9 Å².